The predicted octanol–water partition coefficient (Wildman–Crippen LogP) is 2.20. The van der Waals surface area contributed by atoms with Gasteiger partial charge in [-0.1, -0.05) is 11.3 Å². The van der Waals surface area contributed by atoms with Crippen molar-refractivity contribution in [3.63, 3.8) is 0 Å². The van der Waals surface area contributed by atoms with Gasteiger partial charge in [0, 0.05) is 7.05 Å². The first-order valence-electron chi connectivity index (χ1n) is 2.75. The summed E-state index contributed by atoms with van der Waals surface area (Å²) in [6.45, 7) is 0. The van der Waals surface area contributed by atoms with E-state index in [9.17, 15) is 13.2 Å². The average Bonchev–Trinajstić information content (AvgIpc) is 2.32. The first-order chi connectivity index (χ1) is 5.04. The van der Waals surface area contributed by atoms with Crippen molar-refractivity contribution < 1.29 is 13.2 Å². The van der Waals surface area contributed by atoms with Crippen LogP contribution in [0.2, 0.25) is 0 Å². The highest BCUT2D eigenvalue weighted by Crippen LogP contribution is 2.33. The summed E-state index contributed by atoms with van der Waals surface area (Å²) in [4.78, 5) is 3.19. The van der Waals surface area contributed by atoms with Crippen LogP contribution < -0.4 is 5.32 Å². The molecular formula is C5H5F3N2S. The standard InChI is InChI=1S/C5H5F3N2S/c1-9-3-2-10-4(11-3)5(6,7)8/h2,9H,1H3. The molecule has 6 heteroatoms. The summed E-state index contributed by atoms with van der Waals surface area (Å²) in [6.07, 6.45) is -3.16. The quantitative estimate of drug-likeness (QED) is 0.720. The molecule has 0 unspecified atom stereocenters. The number of halogens is 3. The summed E-state index contributed by atoms with van der Waals surface area (Å²) in [6, 6.07) is 0. The van der Waals surface area contributed by atoms with E-state index in [0.29, 0.717) is 16.3 Å². The van der Waals surface area contributed by atoms with Crippen LogP contribution in [0.5, 0.6) is 0 Å². The molecule has 0 saturated carbocycles. The molecule has 1 rings (SSSR count). The molecule has 11 heavy (non-hydrogen) atoms. The Kier molecular flexibility index (Phi) is 2.03. The van der Waals surface area contributed by atoms with E-state index in [0.717, 1.165) is 6.20 Å². The number of hydrogen-bond acceptors (Lipinski definition) is 3. The fourth-order valence-electron chi connectivity index (χ4n) is 0.521. The van der Waals surface area contributed by atoms with Gasteiger partial charge in [-0.2, -0.15) is 13.2 Å². The van der Waals surface area contributed by atoms with Crippen LogP contribution in [-0.4, -0.2) is 12.0 Å². The molecule has 0 aliphatic carbocycles. The zero-order chi connectivity index (χ0) is 8.48. The molecule has 0 atom stereocenters. The lowest BCUT2D eigenvalue weighted by molar-refractivity contribution is -0.137. The highest BCUT2D eigenvalue weighted by Gasteiger charge is 2.34. The van der Waals surface area contributed by atoms with Gasteiger partial charge < -0.3 is 5.32 Å². The molecule has 0 spiro atoms. The summed E-state index contributed by atoms with van der Waals surface area (Å²) < 4.78 is 35.6. The number of anilines is 1. The van der Waals surface area contributed by atoms with Crippen molar-refractivity contribution in [2.75, 3.05) is 12.4 Å². The highest BCUT2D eigenvalue weighted by molar-refractivity contribution is 7.15. The van der Waals surface area contributed by atoms with Crippen LogP contribution in [0.1, 0.15) is 5.01 Å². The van der Waals surface area contributed by atoms with E-state index in [4.69, 9.17) is 0 Å². The summed E-state index contributed by atoms with van der Waals surface area (Å²) in [5.74, 6) is 0. The molecule has 0 bridgehead atoms. The molecule has 0 saturated heterocycles. The van der Waals surface area contributed by atoms with Crippen molar-refractivity contribution in [2.45, 2.75) is 6.18 Å². The lowest BCUT2D eigenvalue weighted by Gasteiger charge is -1.98. The average molecular weight is 182 g/mol. The Balaban J connectivity index is 2.89. The Labute approximate surface area is 65.1 Å². The van der Waals surface area contributed by atoms with Gasteiger partial charge >= 0.3 is 6.18 Å². The van der Waals surface area contributed by atoms with Crippen molar-refractivity contribution in [1.29, 1.82) is 0 Å². The monoisotopic (exact) mass is 182 g/mol. The zero-order valence-electron chi connectivity index (χ0n) is 5.57. The smallest absolute Gasteiger partial charge is 0.379 e. The molecule has 1 aromatic rings. The second-order valence-electron chi connectivity index (χ2n) is 1.78. The number of nitrogens with zero attached hydrogens (tertiary/aromatic N) is 1. The third-order valence-corrected chi connectivity index (χ3v) is 2.05. The maximum absolute atomic E-state index is 11.9. The van der Waals surface area contributed by atoms with Crippen LogP contribution in [-0.2, 0) is 6.18 Å². The van der Waals surface area contributed by atoms with Crippen LogP contribution in [0.4, 0.5) is 18.2 Å². The SMILES string of the molecule is CNc1cnc(C(F)(F)F)s1. The van der Waals surface area contributed by atoms with E-state index in [2.05, 4.69) is 10.3 Å². The molecular weight excluding hydrogens is 177 g/mol. The second kappa shape index (κ2) is 2.69. The number of hydrogen-bond donors (Lipinski definition) is 1. The maximum atomic E-state index is 11.9. The van der Waals surface area contributed by atoms with Gasteiger partial charge in [0.25, 0.3) is 0 Å². The molecule has 2 nitrogen and oxygen atoms in total. The van der Waals surface area contributed by atoms with Gasteiger partial charge in [0.1, 0.15) is 5.00 Å². The summed E-state index contributed by atoms with van der Waals surface area (Å²) in [5.41, 5.74) is 0. The van der Waals surface area contributed by atoms with Crippen LogP contribution in [0.15, 0.2) is 6.20 Å². The van der Waals surface area contributed by atoms with Gasteiger partial charge in [0.2, 0.25) is 0 Å². The van der Waals surface area contributed by atoms with Crippen molar-refractivity contribution in [2.24, 2.45) is 0 Å². The van der Waals surface area contributed by atoms with Crippen LogP contribution in [0.3, 0.4) is 0 Å². The third-order valence-electron chi connectivity index (χ3n) is 0.995. The Bertz CT molecular complexity index is 242. The minimum atomic E-state index is -4.32. The molecule has 1 aromatic heterocycles. The van der Waals surface area contributed by atoms with E-state index >= 15 is 0 Å². The van der Waals surface area contributed by atoms with Crippen molar-refractivity contribution in [3.8, 4) is 0 Å². The normalized spacial score (nSPS) is 11.6. The Morgan fingerprint density at radius 3 is 2.45 bits per heavy atom. The Morgan fingerprint density at radius 1 is 1.55 bits per heavy atom. The van der Waals surface area contributed by atoms with Crippen LogP contribution in [0, 0.1) is 0 Å². The van der Waals surface area contributed by atoms with Crippen molar-refractivity contribution in [3.05, 3.63) is 11.2 Å². The molecule has 0 aromatic carbocycles. The fourth-order valence-corrected chi connectivity index (χ4v) is 1.16. The van der Waals surface area contributed by atoms with Crippen LogP contribution in [0.25, 0.3) is 0 Å². The fraction of sp³-hybridized carbons (Fsp3) is 0.400. The minimum absolute atomic E-state index is 0.414. The molecule has 1 N–H and O–H groups in total. The van der Waals surface area contributed by atoms with Gasteiger partial charge in [0.15, 0.2) is 5.01 Å². The van der Waals surface area contributed by atoms with E-state index in [1.807, 2.05) is 0 Å². The maximum Gasteiger partial charge on any atom is 0.443 e. The Morgan fingerprint density at radius 2 is 2.18 bits per heavy atom. The first kappa shape index (κ1) is 8.32. The number of nitrogens with one attached hydrogen (secondary N) is 1. The summed E-state index contributed by atoms with van der Waals surface area (Å²) >= 11 is 0.593. The lowest BCUT2D eigenvalue weighted by Crippen LogP contribution is -2.02. The highest BCUT2D eigenvalue weighted by atomic mass is 32.1. The number of alkyl halides is 3. The molecule has 1 heterocycles. The number of rotatable bonds is 1. The summed E-state index contributed by atoms with van der Waals surface area (Å²) in [7, 11) is 1.55. The lowest BCUT2D eigenvalue weighted by atomic mass is 10.7. The third kappa shape index (κ3) is 1.83. The van der Waals surface area contributed by atoms with Gasteiger partial charge in [-0.15, -0.1) is 0 Å². The topological polar surface area (TPSA) is 24.9 Å². The van der Waals surface area contributed by atoms with Gasteiger partial charge in [-0.05, 0) is 0 Å². The Hall–Kier alpha value is -0.780. The molecule has 0 fully saturated rings. The predicted molar refractivity (Wildman–Crippen MR) is 36.7 cm³/mol. The number of thiazole rings is 1. The van der Waals surface area contributed by atoms with Crippen molar-refractivity contribution in [1.82, 2.24) is 4.98 Å². The largest absolute Gasteiger partial charge is 0.443 e. The van der Waals surface area contributed by atoms with E-state index in [-0.39, 0.29) is 0 Å². The minimum Gasteiger partial charge on any atom is -0.379 e. The zero-order valence-corrected chi connectivity index (χ0v) is 6.38. The van der Waals surface area contributed by atoms with E-state index < -0.39 is 11.2 Å². The van der Waals surface area contributed by atoms with E-state index in [1.165, 1.54) is 0 Å². The van der Waals surface area contributed by atoms with Crippen LogP contribution >= 0.6 is 11.3 Å². The molecule has 0 aliphatic rings. The van der Waals surface area contributed by atoms with Gasteiger partial charge in [-0.3, -0.25) is 0 Å². The van der Waals surface area contributed by atoms with Gasteiger partial charge in [0.05, 0.1) is 6.20 Å². The second-order valence-corrected chi connectivity index (χ2v) is 2.81. The first-order valence-corrected chi connectivity index (χ1v) is 3.56. The van der Waals surface area contributed by atoms with Crippen molar-refractivity contribution >= 4 is 16.3 Å². The van der Waals surface area contributed by atoms with Gasteiger partial charge in [-0.25, -0.2) is 4.98 Å². The van der Waals surface area contributed by atoms with E-state index in [1.54, 1.807) is 7.05 Å². The number of aromatic nitrogens is 1. The molecule has 0 aliphatic heterocycles. The molecule has 62 valence electrons. The summed E-state index contributed by atoms with van der Waals surface area (Å²) in [5, 5.41) is 2.17. The molecule has 0 radical (unpaired) electrons. The molecule has 0 amide bonds.